The van der Waals surface area contributed by atoms with Gasteiger partial charge in [0.15, 0.2) is 0 Å². The van der Waals surface area contributed by atoms with Gasteiger partial charge in [0.1, 0.15) is 7.11 Å². The first kappa shape index (κ1) is 11.1. The van der Waals surface area contributed by atoms with Crippen molar-refractivity contribution in [2.75, 3.05) is 7.11 Å². The van der Waals surface area contributed by atoms with Crippen molar-refractivity contribution in [3.05, 3.63) is 0 Å². The van der Waals surface area contributed by atoms with Gasteiger partial charge in [-0.2, -0.15) is 0 Å². The zero-order chi connectivity index (χ0) is 12.2. The average Bonchev–Trinajstić information content (AvgIpc) is 2.29. The van der Waals surface area contributed by atoms with Crippen molar-refractivity contribution >= 4 is 11.7 Å². The van der Waals surface area contributed by atoms with Gasteiger partial charge in [0, 0.05) is 11.8 Å². The van der Waals surface area contributed by atoms with E-state index in [9.17, 15) is 9.90 Å². The topological polar surface area (TPSA) is 58.9 Å². The summed E-state index contributed by atoms with van der Waals surface area (Å²) < 4.78 is 0. The summed E-state index contributed by atoms with van der Waals surface area (Å²) in [7, 11) is 1.58. The smallest absolute Gasteiger partial charge is 0.309 e. The molecule has 0 aliphatic heterocycles. The van der Waals surface area contributed by atoms with Gasteiger partial charge < -0.3 is 9.94 Å². The van der Waals surface area contributed by atoms with Crippen LogP contribution < -0.4 is 0 Å². The Hall–Kier alpha value is -1.06. The summed E-state index contributed by atoms with van der Waals surface area (Å²) in [5.74, 6) is 0.862. The molecule has 5 atom stereocenters. The maximum absolute atomic E-state index is 11.7. The minimum Gasteiger partial charge on any atom is -0.481 e. The first-order valence-electron chi connectivity index (χ1n) is 6.43. The minimum atomic E-state index is -0.596. The number of carbonyl (C=O) groups is 1. The highest BCUT2D eigenvalue weighted by molar-refractivity contribution is 5.93. The van der Waals surface area contributed by atoms with Crippen LogP contribution in [0.3, 0.4) is 0 Å². The first-order valence-corrected chi connectivity index (χ1v) is 6.43. The number of carboxylic acid groups (broad SMARTS) is 1. The van der Waals surface area contributed by atoms with Crippen molar-refractivity contribution < 1.29 is 14.7 Å². The third-order valence-corrected chi connectivity index (χ3v) is 5.36. The summed E-state index contributed by atoms with van der Waals surface area (Å²) in [5.41, 5.74) is 0.649. The van der Waals surface area contributed by atoms with Crippen LogP contribution in [0, 0.1) is 29.1 Å². The summed E-state index contributed by atoms with van der Waals surface area (Å²) in [4.78, 5) is 16.6. The Bertz CT molecular complexity index is 392. The molecule has 4 bridgehead atoms. The molecule has 4 nitrogen and oxygen atoms in total. The number of rotatable bonds is 2. The van der Waals surface area contributed by atoms with Gasteiger partial charge in [-0.3, -0.25) is 4.79 Å². The highest BCUT2D eigenvalue weighted by Gasteiger charge is 2.61. The van der Waals surface area contributed by atoms with E-state index in [1.54, 1.807) is 7.11 Å². The van der Waals surface area contributed by atoms with Gasteiger partial charge in [-0.05, 0) is 37.5 Å². The zero-order valence-corrected chi connectivity index (χ0v) is 10.3. The maximum Gasteiger partial charge on any atom is 0.309 e. The molecule has 0 amide bonds. The molecule has 0 aromatic carbocycles. The molecule has 0 aromatic heterocycles. The Morgan fingerprint density at radius 3 is 2.88 bits per heavy atom. The van der Waals surface area contributed by atoms with Gasteiger partial charge in [0.2, 0.25) is 0 Å². The molecule has 0 aromatic rings. The number of hydrogen-bond acceptors (Lipinski definition) is 3. The molecule has 0 heterocycles. The van der Waals surface area contributed by atoms with Crippen LogP contribution in [-0.4, -0.2) is 23.9 Å². The van der Waals surface area contributed by atoms with Gasteiger partial charge in [-0.25, -0.2) is 0 Å². The molecule has 5 unspecified atom stereocenters. The summed E-state index contributed by atoms with van der Waals surface area (Å²) in [6, 6.07) is 0. The van der Waals surface area contributed by atoms with Crippen molar-refractivity contribution in [3.8, 4) is 0 Å². The van der Waals surface area contributed by atoms with Gasteiger partial charge in [0.05, 0.1) is 11.1 Å². The van der Waals surface area contributed by atoms with E-state index in [0.717, 1.165) is 31.4 Å². The highest BCUT2D eigenvalue weighted by Crippen LogP contribution is 2.61. The molecule has 4 fully saturated rings. The van der Waals surface area contributed by atoms with Crippen LogP contribution in [0.2, 0.25) is 0 Å². The molecule has 0 radical (unpaired) electrons. The molecule has 4 rings (SSSR count). The first-order chi connectivity index (χ1) is 8.08. The monoisotopic (exact) mass is 237 g/mol. The second kappa shape index (κ2) is 3.47. The maximum atomic E-state index is 11.7. The summed E-state index contributed by atoms with van der Waals surface area (Å²) in [5, 5.41) is 13.8. The molecular weight excluding hydrogens is 218 g/mol. The lowest BCUT2D eigenvalue weighted by Crippen LogP contribution is -2.59. The Labute approximate surface area is 101 Å². The largest absolute Gasteiger partial charge is 0.481 e. The second-order valence-electron chi connectivity index (χ2n) is 6.00. The Balaban J connectivity index is 2.02. The fourth-order valence-corrected chi connectivity index (χ4v) is 4.63. The van der Waals surface area contributed by atoms with E-state index in [4.69, 9.17) is 4.84 Å². The Morgan fingerprint density at radius 2 is 2.24 bits per heavy atom. The quantitative estimate of drug-likeness (QED) is 0.748. The third kappa shape index (κ3) is 1.30. The molecule has 94 valence electrons. The highest BCUT2D eigenvalue weighted by atomic mass is 16.6. The van der Waals surface area contributed by atoms with E-state index in [1.165, 1.54) is 0 Å². The van der Waals surface area contributed by atoms with Gasteiger partial charge in [0.25, 0.3) is 0 Å². The standard InChI is InChI=1S/C13H19NO3/c1-7-10-4-8-3-9(11(10)14-17-2)6-13(7,5-8)12(15)16/h7-10H,3-6H2,1-2H3,(H,15,16). The molecule has 4 heteroatoms. The molecule has 0 saturated heterocycles. The predicted molar refractivity (Wildman–Crippen MR) is 62.6 cm³/mol. The minimum absolute atomic E-state index is 0.196. The van der Waals surface area contributed by atoms with Crippen LogP contribution in [0.1, 0.15) is 32.6 Å². The summed E-state index contributed by atoms with van der Waals surface area (Å²) >= 11 is 0. The fraction of sp³-hybridized carbons (Fsp3) is 0.846. The van der Waals surface area contributed by atoms with E-state index in [-0.39, 0.29) is 5.92 Å². The van der Waals surface area contributed by atoms with Crippen LogP contribution in [0.4, 0.5) is 0 Å². The molecule has 4 aliphatic carbocycles. The van der Waals surface area contributed by atoms with Crippen LogP contribution in [0.15, 0.2) is 5.16 Å². The van der Waals surface area contributed by atoms with Crippen molar-refractivity contribution in [1.82, 2.24) is 0 Å². The van der Waals surface area contributed by atoms with E-state index < -0.39 is 11.4 Å². The molecular formula is C13H19NO3. The van der Waals surface area contributed by atoms with Crippen LogP contribution in [-0.2, 0) is 9.63 Å². The Kier molecular flexibility index (Phi) is 2.25. The SMILES string of the molecule is CON=C1C2CC3CC1C(C)C(C(=O)O)(C3)C2. The molecule has 17 heavy (non-hydrogen) atoms. The predicted octanol–water partition coefficient (Wildman–Crippen LogP) is 2.15. The summed E-state index contributed by atoms with van der Waals surface area (Å²) in [6.07, 6.45) is 3.85. The van der Waals surface area contributed by atoms with Gasteiger partial charge in [-0.15, -0.1) is 0 Å². The summed E-state index contributed by atoms with van der Waals surface area (Å²) in [6.45, 7) is 2.09. The number of nitrogens with zero attached hydrogens (tertiary/aromatic N) is 1. The lowest BCUT2D eigenvalue weighted by Gasteiger charge is -2.58. The van der Waals surface area contributed by atoms with Gasteiger partial charge in [-0.1, -0.05) is 12.1 Å². The van der Waals surface area contributed by atoms with E-state index >= 15 is 0 Å². The second-order valence-corrected chi connectivity index (χ2v) is 6.00. The number of hydrogen-bond donors (Lipinski definition) is 1. The van der Waals surface area contributed by atoms with Gasteiger partial charge >= 0.3 is 5.97 Å². The molecule has 4 aliphatic rings. The van der Waals surface area contributed by atoms with E-state index in [2.05, 4.69) is 12.1 Å². The van der Waals surface area contributed by atoms with Crippen molar-refractivity contribution in [1.29, 1.82) is 0 Å². The van der Waals surface area contributed by atoms with Crippen molar-refractivity contribution in [2.24, 2.45) is 34.2 Å². The number of carboxylic acids is 1. The molecule has 0 spiro atoms. The van der Waals surface area contributed by atoms with Crippen LogP contribution >= 0.6 is 0 Å². The number of oxime groups is 1. The van der Waals surface area contributed by atoms with E-state index in [0.29, 0.717) is 17.8 Å². The van der Waals surface area contributed by atoms with Crippen LogP contribution in [0.5, 0.6) is 0 Å². The van der Waals surface area contributed by atoms with Crippen molar-refractivity contribution in [2.45, 2.75) is 32.6 Å². The Morgan fingerprint density at radius 1 is 1.47 bits per heavy atom. The van der Waals surface area contributed by atoms with Crippen molar-refractivity contribution in [3.63, 3.8) is 0 Å². The molecule has 4 saturated carbocycles. The lowest BCUT2D eigenvalue weighted by molar-refractivity contribution is -0.165. The normalized spacial score (nSPS) is 49.6. The third-order valence-electron chi connectivity index (χ3n) is 5.36. The fourth-order valence-electron chi connectivity index (χ4n) is 4.63. The number of aliphatic carboxylic acids is 1. The average molecular weight is 237 g/mol. The lowest BCUT2D eigenvalue weighted by atomic mass is 9.45. The zero-order valence-electron chi connectivity index (χ0n) is 10.3. The van der Waals surface area contributed by atoms with Crippen LogP contribution in [0.25, 0.3) is 0 Å². The molecule has 1 N–H and O–H groups in total. The van der Waals surface area contributed by atoms with E-state index in [1.807, 2.05) is 0 Å².